The average Bonchev–Trinajstić information content (AvgIpc) is 2.91. The third kappa shape index (κ3) is 6.12. The van der Waals surface area contributed by atoms with E-state index in [1.165, 1.54) is 12.1 Å². The van der Waals surface area contributed by atoms with Crippen molar-refractivity contribution < 1.29 is 32.2 Å². The summed E-state index contributed by atoms with van der Waals surface area (Å²) in [7, 11) is 3.10. The van der Waals surface area contributed by atoms with E-state index in [0.29, 0.717) is 42.5 Å². The van der Waals surface area contributed by atoms with Crippen molar-refractivity contribution >= 4 is 22.7 Å². The molecule has 1 aromatic heterocycles. The van der Waals surface area contributed by atoms with Crippen LogP contribution in [-0.4, -0.2) is 44.9 Å². The van der Waals surface area contributed by atoms with Gasteiger partial charge >= 0.3 is 12.1 Å². The van der Waals surface area contributed by atoms with Crippen molar-refractivity contribution in [3.05, 3.63) is 59.2 Å². The summed E-state index contributed by atoms with van der Waals surface area (Å²) in [6.07, 6.45) is -2.91. The van der Waals surface area contributed by atoms with Gasteiger partial charge in [-0.15, -0.1) is 0 Å². The van der Waals surface area contributed by atoms with Crippen LogP contribution in [0.15, 0.2) is 42.5 Å². The summed E-state index contributed by atoms with van der Waals surface area (Å²) in [5.74, 6) is 1.26. The molecule has 1 saturated heterocycles. The molecule has 0 amide bonds. The summed E-state index contributed by atoms with van der Waals surface area (Å²) in [5, 5.41) is 3.97. The quantitative estimate of drug-likeness (QED) is 0.374. The van der Waals surface area contributed by atoms with E-state index in [2.05, 4.69) is 10.2 Å². The number of anilines is 1. The van der Waals surface area contributed by atoms with Crippen LogP contribution >= 0.6 is 0 Å². The Morgan fingerprint density at radius 2 is 1.79 bits per heavy atom. The zero-order valence-corrected chi connectivity index (χ0v) is 21.7. The molecule has 10 heteroatoms. The number of piperidine rings is 1. The number of carbonyl (C=O) groups is 1. The molecule has 2 aromatic carbocycles. The second kappa shape index (κ2) is 11.9. The Morgan fingerprint density at radius 1 is 1.08 bits per heavy atom. The Hall–Kier alpha value is -3.53. The van der Waals surface area contributed by atoms with Gasteiger partial charge in [-0.3, -0.25) is 4.79 Å². The normalized spacial score (nSPS) is 15.9. The van der Waals surface area contributed by atoms with Crippen molar-refractivity contribution in [3.8, 4) is 11.5 Å². The van der Waals surface area contributed by atoms with Crippen LogP contribution in [0.25, 0.3) is 10.9 Å². The maximum Gasteiger partial charge on any atom is 0.416 e. The fourth-order valence-corrected chi connectivity index (χ4v) is 4.84. The SMILES string of the molecule is CCOC(=O)C1CCCN(c2nc3cc(OC)c(OC)cc3cc2CNCc2ccccc2C(F)(F)F)C1. The number of carbonyl (C=O) groups excluding carboxylic acids is 1. The minimum atomic E-state index is -4.43. The first-order valence-corrected chi connectivity index (χ1v) is 12.6. The van der Waals surface area contributed by atoms with Gasteiger partial charge in [-0.2, -0.15) is 13.2 Å². The highest BCUT2D eigenvalue weighted by Gasteiger charge is 2.33. The third-order valence-corrected chi connectivity index (χ3v) is 6.67. The number of benzene rings is 2. The second-order valence-electron chi connectivity index (χ2n) is 9.17. The predicted octanol–water partition coefficient (Wildman–Crippen LogP) is 5.34. The summed E-state index contributed by atoms with van der Waals surface area (Å²) in [4.78, 5) is 19.4. The molecule has 1 aliphatic heterocycles. The highest BCUT2D eigenvalue weighted by Crippen LogP contribution is 2.35. The molecule has 1 unspecified atom stereocenters. The summed E-state index contributed by atoms with van der Waals surface area (Å²) in [6, 6.07) is 11.1. The average molecular weight is 532 g/mol. The smallest absolute Gasteiger partial charge is 0.416 e. The number of rotatable bonds is 9. The molecule has 0 aliphatic carbocycles. The van der Waals surface area contributed by atoms with Gasteiger partial charge in [0.05, 0.1) is 37.8 Å². The van der Waals surface area contributed by atoms with E-state index in [-0.39, 0.29) is 30.5 Å². The number of ether oxygens (including phenoxy) is 3. The maximum atomic E-state index is 13.5. The van der Waals surface area contributed by atoms with Gasteiger partial charge in [0.15, 0.2) is 11.5 Å². The summed E-state index contributed by atoms with van der Waals surface area (Å²) < 4.78 is 56.5. The molecular weight excluding hydrogens is 499 g/mol. The second-order valence-corrected chi connectivity index (χ2v) is 9.17. The summed E-state index contributed by atoms with van der Waals surface area (Å²) in [5.41, 5.74) is 0.998. The number of nitrogens with zero attached hydrogens (tertiary/aromatic N) is 2. The molecule has 0 bridgehead atoms. The fourth-order valence-electron chi connectivity index (χ4n) is 4.84. The van der Waals surface area contributed by atoms with E-state index in [1.54, 1.807) is 33.3 Å². The lowest BCUT2D eigenvalue weighted by molar-refractivity contribution is -0.148. The van der Waals surface area contributed by atoms with Gasteiger partial charge in [0.25, 0.3) is 0 Å². The number of hydrogen-bond acceptors (Lipinski definition) is 7. The molecule has 1 aliphatic rings. The van der Waals surface area contributed by atoms with Crippen molar-refractivity contribution in [2.45, 2.75) is 39.0 Å². The topological polar surface area (TPSA) is 72.9 Å². The number of halogens is 3. The van der Waals surface area contributed by atoms with Crippen LogP contribution in [0.2, 0.25) is 0 Å². The highest BCUT2D eigenvalue weighted by molar-refractivity contribution is 5.85. The maximum absolute atomic E-state index is 13.5. The van der Waals surface area contributed by atoms with Crippen molar-refractivity contribution in [1.82, 2.24) is 10.3 Å². The van der Waals surface area contributed by atoms with Crippen LogP contribution in [0.5, 0.6) is 11.5 Å². The van der Waals surface area contributed by atoms with Gasteiger partial charge in [-0.05, 0) is 43.5 Å². The molecule has 0 spiro atoms. The van der Waals surface area contributed by atoms with E-state index in [0.717, 1.165) is 29.9 Å². The number of fused-ring (bicyclic) bond motifs is 1. The van der Waals surface area contributed by atoms with Gasteiger partial charge in [0.1, 0.15) is 5.82 Å². The lowest BCUT2D eigenvalue weighted by atomic mass is 9.97. The van der Waals surface area contributed by atoms with Gasteiger partial charge in [-0.25, -0.2) is 4.98 Å². The zero-order valence-electron chi connectivity index (χ0n) is 21.7. The monoisotopic (exact) mass is 531 g/mol. The lowest BCUT2D eigenvalue weighted by Crippen LogP contribution is -2.40. The molecule has 1 N–H and O–H groups in total. The Labute approximate surface area is 219 Å². The Morgan fingerprint density at radius 3 is 2.50 bits per heavy atom. The predicted molar refractivity (Wildman–Crippen MR) is 138 cm³/mol. The molecule has 0 radical (unpaired) electrons. The molecule has 204 valence electrons. The first-order chi connectivity index (χ1) is 18.2. The zero-order chi connectivity index (χ0) is 27.3. The van der Waals surface area contributed by atoms with Crippen LogP contribution in [0.1, 0.15) is 36.5 Å². The van der Waals surface area contributed by atoms with Gasteiger partial charge in [-0.1, -0.05) is 18.2 Å². The molecule has 7 nitrogen and oxygen atoms in total. The molecule has 38 heavy (non-hydrogen) atoms. The third-order valence-electron chi connectivity index (χ3n) is 6.67. The van der Waals surface area contributed by atoms with E-state index in [4.69, 9.17) is 19.2 Å². The van der Waals surface area contributed by atoms with Crippen LogP contribution < -0.4 is 19.7 Å². The number of hydrogen-bond donors (Lipinski definition) is 1. The van der Waals surface area contributed by atoms with E-state index in [1.807, 2.05) is 12.1 Å². The van der Waals surface area contributed by atoms with E-state index >= 15 is 0 Å². The van der Waals surface area contributed by atoms with Gasteiger partial charge in [0.2, 0.25) is 0 Å². The number of nitrogens with one attached hydrogen (secondary N) is 1. The van der Waals surface area contributed by atoms with Crippen LogP contribution in [0.3, 0.4) is 0 Å². The number of alkyl halides is 3. The van der Waals surface area contributed by atoms with Crippen molar-refractivity contribution in [3.63, 3.8) is 0 Å². The summed E-state index contributed by atoms with van der Waals surface area (Å²) >= 11 is 0. The molecule has 2 heterocycles. The Bertz CT molecular complexity index is 1280. The molecule has 1 atom stereocenters. The molecule has 4 rings (SSSR count). The van der Waals surface area contributed by atoms with Gasteiger partial charge in [0, 0.05) is 43.2 Å². The summed E-state index contributed by atoms with van der Waals surface area (Å²) in [6.45, 7) is 3.57. The number of esters is 1. The minimum absolute atomic E-state index is 0.0323. The number of methoxy groups -OCH3 is 2. The van der Waals surface area contributed by atoms with E-state index in [9.17, 15) is 18.0 Å². The van der Waals surface area contributed by atoms with Crippen molar-refractivity contribution in [1.29, 1.82) is 0 Å². The molecular formula is C28H32F3N3O4. The van der Waals surface area contributed by atoms with Gasteiger partial charge < -0.3 is 24.4 Å². The van der Waals surface area contributed by atoms with Crippen molar-refractivity contribution in [2.24, 2.45) is 5.92 Å². The molecule has 3 aromatic rings. The molecule has 1 fully saturated rings. The molecule has 0 saturated carbocycles. The highest BCUT2D eigenvalue weighted by atomic mass is 19.4. The number of pyridine rings is 1. The van der Waals surface area contributed by atoms with Crippen molar-refractivity contribution in [2.75, 3.05) is 38.8 Å². The van der Waals surface area contributed by atoms with Crippen LogP contribution in [0, 0.1) is 5.92 Å². The first-order valence-electron chi connectivity index (χ1n) is 12.6. The standard InChI is InChI=1S/C28H32F3N3O4/c1-4-38-27(35)19-9-7-11-34(17-19)26-21(12-20-13-24(36-2)25(37-3)14-23(20)33-26)16-32-15-18-8-5-6-10-22(18)28(29,30)31/h5-6,8,10,12-14,19,32H,4,7,9,11,15-17H2,1-3H3. The fraction of sp³-hybridized carbons (Fsp3) is 0.429. The lowest BCUT2D eigenvalue weighted by Gasteiger charge is -2.34. The van der Waals surface area contributed by atoms with Crippen LogP contribution in [-0.2, 0) is 28.8 Å². The van der Waals surface area contributed by atoms with Crippen LogP contribution in [0.4, 0.5) is 19.0 Å². The Kier molecular flexibility index (Phi) is 8.61. The number of aromatic nitrogens is 1. The largest absolute Gasteiger partial charge is 0.493 e. The minimum Gasteiger partial charge on any atom is -0.493 e. The first kappa shape index (κ1) is 27.5. The Balaban J connectivity index is 1.67. The van der Waals surface area contributed by atoms with E-state index < -0.39 is 11.7 Å².